The van der Waals surface area contributed by atoms with Crippen molar-refractivity contribution in [1.82, 2.24) is 19.7 Å². The van der Waals surface area contributed by atoms with Crippen LogP contribution in [0.15, 0.2) is 95.9 Å². The predicted molar refractivity (Wildman–Crippen MR) is 123 cm³/mol. The van der Waals surface area contributed by atoms with Crippen molar-refractivity contribution >= 4 is 16.6 Å². The number of anilines is 1. The predicted octanol–water partition coefficient (Wildman–Crippen LogP) is 4.95. The first-order chi connectivity index (χ1) is 15.2. The van der Waals surface area contributed by atoms with Crippen LogP contribution in [-0.2, 0) is 0 Å². The van der Waals surface area contributed by atoms with Crippen LogP contribution < -0.4 is 11.0 Å². The molecule has 0 saturated carbocycles. The molecule has 6 nitrogen and oxygen atoms in total. The third-order valence-electron chi connectivity index (χ3n) is 5.35. The fourth-order valence-corrected chi connectivity index (χ4v) is 3.74. The Balaban J connectivity index is 1.51. The quantitative estimate of drug-likeness (QED) is 0.432. The summed E-state index contributed by atoms with van der Waals surface area (Å²) in [6, 6.07) is 28.0. The van der Waals surface area contributed by atoms with Gasteiger partial charge in [-0.2, -0.15) is 5.10 Å². The summed E-state index contributed by atoms with van der Waals surface area (Å²) in [7, 11) is 0. The van der Waals surface area contributed by atoms with Crippen LogP contribution in [0.3, 0.4) is 0 Å². The lowest BCUT2D eigenvalue weighted by Gasteiger charge is -2.15. The van der Waals surface area contributed by atoms with E-state index in [0.717, 1.165) is 27.8 Å². The summed E-state index contributed by atoms with van der Waals surface area (Å²) in [5.41, 5.74) is 2.44. The zero-order valence-electron chi connectivity index (χ0n) is 17.0. The van der Waals surface area contributed by atoms with E-state index >= 15 is 0 Å². The van der Waals surface area contributed by atoms with E-state index in [0.29, 0.717) is 5.82 Å². The zero-order chi connectivity index (χ0) is 21.2. The second-order valence-electron chi connectivity index (χ2n) is 7.43. The molecular weight excluding hydrogens is 386 g/mol. The first-order valence-electron chi connectivity index (χ1n) is 10.1. The first-order valence-corrected chi connectivity index (χ1v) is 10.1. The van der Waals surface area contributed by atoms with Crippen molar-refractivity contribution < 1.29 is 0 Å². The van der Waals surface area contributed by atoms with Gasteiger partial charge in [0.15, 0.2) is 5.82 Å². The Morgan fingerprint density at radius 2 is 1.68 bits per heavy atom. The SMILES string of the molecule is C[C@H](Nc1cc(-c2n[nH]c(=O)n2-c2ccc3ccccc3c2)ccn1)c1ccccc1. The first kappa shape index (κ1) is 18.8. The van der Waals surface area contributed by atoms with Crippen molar-refractivity contribution in [3.63, 3.8) is 0 Å². The number of fused-ring (bicyclic) bond motifs is 1. The highest BCUT2D eigenvalue weighted by atomic mass is 16.1. The summed E-state index contributed by atoms with van der Waals surface area (Å²) in [4.78, 5) is 17.1. The van der Waals surface area contributed by atoms with Gasteiger partial charge in [-0.05, 0) is 47.5 Å². The van der Waals surface area contributed by atoms with Gasteiger partial charge in [-0.1, -0.05) is 60.7 Å². The van der Waals surface area contributed by atoms with E-state index in [1.54, 1.807) is 10.8 Å². The Hall–Kier alpha value is -4.19. The Morgan fingerprint density at radius 1 is 0.903 bits per heavy atom. The number of benzene rings is 3. The highest BCUT2D eigenvalue weighted by molar-refractivity contribution is 5.84. The number of nitrogens with one attached hydrogen (secondary N) is 2. The van der Waals surface area contributed by atoms with Gasteiger partial charge >= 0.3 is 5.69 Å². The summed E-state index contributed by atoms with van der Waals surface area (Å²) in [6.07, 6.45) is 1.72. The smallest absolute Gasteiger partial charge is 0.348 e. The van der Waals surface area contributed by atoms with E-state index in [1.807, 2.05) is 72.8 Å². The third kappa shape index (κ3) is 3.71. The van der Waals surface area contributed by atoms with Gasteiger partial charge in [0.25, 0.3) is 0 Å². The Labute approximate surface area is 179 Å². The monoisotopic (exact) mass is 407 g/mol. The van der Waals surface area contributed by atoms with Crippen LogP contribution in [0.2, 0.25) is 0 Å². The van der Waals surface area contributed by atoms with Gasteiger partial charge in [0.05, 0.1) is 5.69 Å². The molecule has 2 heterocycles. The molecule has 0 bridgehead atoms. The topological polar surface area (TPSA) is 75.6 Å². The van der Waals surface area contributed by atoms with Crippen molar-refractivity contribution in [3.05, 3.63) is 107 Å². The van der Waals surface area contributed by atoms with Gasteiger partial charge in [0.2, 0.25) is 0 Å². The maximum atomic E-state index is 12.6. The molecule has 152 valence electrons. The van der Waals surface area contributed by atoms with Crippen LogP contribution in [0.25, 0.3) is 27.8 Å². The standard InChI is InChI=1S/C25H21N5O/c1-17(18-7-3-2-4-8-18)27-23-16-21(13-14-26-23)24-28-29-25(31)30(24)22-12-11-19-9-5-6-10-20(19)15-22/h2-17H,1H3,(H,26,27)(H,29,31)/t17-/m0/s1. The number of rotatable bonds is 5. The maximum absolute atomic E-state index is 12.6. The molecular formula is C25H21N5O. The average Bonchev–Trinajstić information content (AvgIpc) is 3.21. The summed E-state index contributed by atoms with van der Waals surface area (Å²) >= 11 is 0. The number of pyridine rings is 1. The summed E-state index contributed by atoms with van der Waals surface area (Å²) in [5.74, 6) is 1.26. The molecule has 0 radical (unpaired) electrons. The number of hydrogen-bond donors (Lipinski definition) is 2. The van der Waals surface area contributed by atoms with Crippen LogP contribution in [0.4, 0.5) is 5.82 Å². The number of H-pyrrole nitrogens is 1. The lowest BCUT2D eigenvalue weighted by atomic mass is 10.1. The maximum Gasteiger partial charge on any atom is 0.348 e. The van der Waals surface area contributed by atoms with Crippen LogP contribution in [0, 0.1) is 0 Å². The molecule has 0 fully saturated rings. The second kappa shape index (κ2) is 7.91. The van der Waals surface area contributed by atoms with Crippen molar-refractivity contribution in [1.29, 1.82) is 0 Å². The average molecular weight is 407 g/mol. The van der Waals surface area contributed by atoms with Gasteiger partial charge in [0, 0.05) is 17.8 Å². The van der Waals surface area contributed by atoms with Crippen molar-refractivity contribution in [2.75, 3.05) is 5.32 Å². The number of aromatic amines is 1. The van der Waals surface area contributed by atoms with E-state index in [2.05, 4.69) is 39.6 Å². The third-order valence-corrected chi connectivity index (χ3v) is 5.35. The van der Waals surface area contributed by atoms with E-state index in [1.165, 1.54) is 5.56 Å². The molecule has 1 atom stereocenters. The Kier molecular flexibility index (Phi) is 4.80. The second-order valence-corrected chi connectivity index (χ2v) is 7.43. The molecule has 2 aromatic heterocycles. The minimum absolute atomic E-state index is 0.0887. The summed E-state index contributed by atoms with van der Waals surface area (Å²) in [5, 5.41) is 12.5. The molecule has 0 amide bonds. The Morgan fingerprint density at radius 3 is 2.52 bits per heavy atom. The van der Waals surface area contributed by atoms with Gasteiger partial charge in [-0.15, -0.1) is 0 Å². The van der Waals surface area contributed by atoms with E-state index in [4.69, 9.17) is 0 Å². The lowest BCUT2D eigenvalue weighted by Crippen LogP contribution is -2.15. The van der Waals surface area contributed by atoms with Gasteiger partial charge in [-0.3, -0.25) is 0 Å². The fourth-order valence-electron chi connectivity index (χ4n) is 3.74. The molecule has 3 aromatic carbocycles. The molecule has 0 aliphatic rings. The number of nitrogens with zero attached hydrogens (tertiary/aromatic N) is 3. The molecule has 5 rings (SSSR count). The molecule has 6 heteroatoms. The van der Waals surface area contributed by atoms with Crippen LogP contribution in [-0.4, -0.2) is 19.7 Å². The van der Waals surface area contributed by atoms with Crippen LogP contribution in [0.1, 0.15) is 18.5 Å². The van der Waals surface area contributed by atoms with E-state index < -0.39 is 0 Å². The molecule has 0 aliphatic carbocycles. The number of hydrogen-bond acceptors (Lipinski definition) is 4. The normalized spacial score (nSPS) is 12.0. The molecule has 2 N–H and O–H groups in total. The number of aromatic nitrogens is 4. The van der Waals surface area contributed by atoms with Crippen LogP contribution in [0.5, 0.6) is 0 Å². The van der Waals surface area contributed by atoms with E-state index in [9.17, 15) is 4.79 Å². The lowest BCUT2D eigenvalue weighted by molar-refractivity contribution is 0.874. The molecule has 31 heavy (non-hydrogen) atoms. The highest BCUT2D eigenvalue weighted by Crippen LogP contribution is 2.25. The molecule has 0 spiro atoms. The Bertz CT molecular complexity index is 1400. The van der Waals surface area contributed by atoms with Crippen molar-refractivity contribution in [2.45, 2.75) is 13.0 Å². The minimum Gasteiger partial charge on any atom is -0.364 e. The summed E-state index contributed by atoms with van der Waals surface area (Å²) in [6.45, 7) is 2.09. The van der Waals surface area contributed by atoms with Gasteiger partial charge in [0.1, 0.15) is 5.82 Å². The zero-order valence-corrected chi connectivity index (χ0v) is 17.0. The van der Waals surface area contributed by atoms with E-state index in [-0.39, 0.29) is 11.7 Å². The van der Waals surface area contributed by atoms with Crippen molar-refractivity contribution in [2.24, 2.45) is 0 Å². The van der Waals surface area contributed by atoms with Crippen LogP contribution >= 0.6 is 0 Å². The van der Waals surface area contributed by atoms with Crippen molar-refractivity contribution in [3.8, 4) is 17.1 Å². The molecule has 0 aliphatic heterocycles. The molecule has 5 aromatic rings. The largest absolute Gasteiger partial charge is 0.364 e. The summed E-state index contributed by atoms with van der Waals surface area (Å²) < 4.78 is 1.59. The minimum atomic E-state index is -0.283. The fraction of sp³-hybridized carbons (Fsp3) is 0.0800. The molecule has 0 saturated heterocycles. The van der Waals surface area contributed by atoms with Gasteiger partial charge in [-0.25, -0.2) is 19.4 Å². The highest BCUT2D eigenvalue weighted by Gasteiger charge is 2.14. The van der Waals surface area contributed by atoms with Gasteiger partial charge < -0.3 is 5.32 Å². The molecule has 0 unspecified atom stereocenters.